The van der Waals surface area contributed by atoms with E-state index < -0.39 is 0 Å². The highest BCUT2D eigenvalue weighted by Gasteiger charge is 2.19. The van der Waals surface area contributed by atoms with E-state index in [1.54, 1.807) is 0 Å². The number of para-hydroxylation sites is 2. The Kier molecular flexibility index (Phi) is 7.29. The maximum Gasteiger partial charge on any atom is 0.0541 e. The topological polar surface area (TPSA) is 4.93 Å². The van der Waals surface area contributed by atoms with Gasteiger partial charge in [0.15, 0.2) is 0 Å². The van der Waals surface area contributed by atoms with Crippen molar-refractivity contribution in [2.45, 2.75) is 6.42 Å². The highest BCUT2D eigenvalue weighted by molar-refractivity contribution is 6.22. The van der Waals surface area contributed by atoms with Gasteiger partial charge in [0.25, 0.3) is 0 Å². The molecule has 1 aromatic heterocycles. The summed E-state index contributed by atoms with van der Waals surface area (Å²) in [7, 11) is 0. The van der Waals surface area contributed by atoms with Crippen LogP contribution in [0.15, 0.2) is 200 Å². The molecule has 244 valence electrons. The number of aromatic nitrogens is 1. The summed E-state index contributed by atoms with van der Waals surface area (Å²) >= 11 is 0. The molecule has 0 fully saturated rings. The van der Waals surface area contributed by atoms with Crippen molar-refractivity contribution in [3.63, 3.8) is 0 Å². The second-order valence-corrected chi connectivity index (χ2v) is 13.6. The van der Waals surface area contributed by atoms with Crippen LogP contribution in [0.1, 0.15) is 12.0 Å². The number of fused-ring (bicyclic) bond motifs is 5. The van der Waals surface area contributed by atoms with Gasteiger partial charge in [0, 0.05) is 16.3 Å². The molecular weight excluding hydrogens is 627 g/mol. The van der Waals surface area contributed by atoms with Gasteiger partial charge in [-0.1, -0.05) is 170 Å². The number of benzene rings is 8. The summed E-state index contributed by atoms with van der Waals surface area (Å²) in [5.41, 5.74) is 13.6. The Morgan fingerprint density at radius 1 is 0.365 bits per heavy atom. The molecule has 9 aromatic rings. The summed E-state index contributed by atoms with van der Waals surface area (Å²) < 4.78 is 2.45. The van der Waals surface area contributed by atoms with Crippen molar-refractivity contribution in [3.8, 4) is 39.1 Å². The Morgan fingerprint density at radius 3 is 1.67 bits per heavy atom. The Labute approximate surface area is 303 Å². The van der Waals surface area contributed by atoms with E-state index in [9.17, 15) is 0 Å². The second kappa shape index (κ2) is 12.6. The van der Waals surface area contributed by atoms with Crippen molar-refractivity contribution in [2.75, 3.05) is 0 Å². The van der Waals surface area contributed by atoms with Gasteiger partial charge < -0.3 is 4.57 Å². The summed E-state index contributed by atoms with van der Waals surface area (Å²) in [6.07, 6.45) is 11.8. The summed E-state index contributed by atoms with van der Waals surface area (Å²) in [4.78, 5) is 0. The molecule has 1 heterocycles. The lowest BCUT2D eigenvalue weighted by molar-refractivity contribution is 1.16. The van der Waals surface area contributed by atoms with Gasteiger partial charge in [0.05, 0.1) is 16.7 Å². The monoisotopic (exact) mass is 661 g/mol. The van der Waals surface area contributed by atoms with Crippen LogP contribution in [0, 0.1) is 0 Å². The average Bonchev–Trinajstić information content (AvgIpc) is 3.32. The molecule has 0 saturated carbocycles. The molecule has 0 aliphatic heterocycles. The lowest BCUT2D eigenvalue weighted by Gasteiger charge is -2.19. The zero-order valence-electron chi connectivity index (χ0n) is 28.7. The van der Waals surface area contributed by atoms with Crippen LogP contribution in [-0.2, 0) is 0 Å². The van der Waals surface area contributed by atoms with Crippen molar-refractivity contribution in [1.29, 1.82) is 0 Å². The van der Waals surface area contributed by atoms with Gasteiger partial charge >= 0.3 is 0 Å². The first-order chi connectivity index (χ1) is 25.8. The first-order valence-corrected chi connectivity index (χ1v) is 18.1. The van der Waals surface area contributed by atoms with E-state index in [-0.39, 0.29) is 0 Å². The van der Waals surface area contributed by atoms with Crippen LogP contribution in [-0.4, -0.2) is 4.57 Å². The number of allylic oxidation sites excluding steroid dienone is 6. The van der Waals surface area contributed by atoms with E-state index in [0.29, 0.717) is 0 Å². The average molecular weight is 662 g/mol. The highest BCUT2D eigenvalue weighted by atomic mass is 15.0. The molecule has 0 bridgehead atoms. The normalized spacial score (nSPS) is 12.9. The van der Waals surface area contributed by atoms with E-state index in [0.717, 1.165) is 6.42 Å². The Balaban J connectivity index is 1.22. The predicted molar refractivity (Wildman–Crippen MR) is 223 cm³/mol. The summed E-state index contributed by atoms with van der Waals surface area (Å²) in [5.74, 6) is 0. The minimum absolute atomic E-state index is 0.902. The molecule has 10 rings (SSSR count). The number of nitrogens with zero attached hydrogens (tertiary/aromatic N) is 1. The van der Waals surface area contributed by atoms with Crippen molar-refractivity contribution >= 4 is 48.9 Å². The van der Waals surface area contributed by atoms with Gasteiger partial charge in [-0.2, -0.15) is 0 Å². The maximum absolute atomic E-state index is 2.45. The zero-order chi connectivity index (χ0) is 34.4. The van der Waals surface area contributed by atoms with E-state index >= 15 is 0 Å². The molecule has 8 aromatic carbocycles. The fourth-order valence-corrected chi connectivity index (χ4v) is 8.32. The van der Waals surface area contributed by atoms with E-state index in [4.69, 9.17) is 0 Å². The Hall–Kier alpha value is -6.70. The van der Waals surface area contributed by atoms with E-state index in [1.165, 1.54) is 93.6 Å². The Morgan fingerprint density at radius 2 is 0.923 bits per heavy atom. The third kappa shape index (κ3) is 4.93. The number of hydrogen-bond donors (Lipinski definition) is 0. The lowest BCUT2D eigenvalue weighted by atomic mass is 9.85. The molecule has 0 amide bonds. The fraction of sp³-hybridized carbons (Fsp3) is 0.0196. The molecule has 0 radical (unpaired) electrons. The summed E-state index contributed by atoms with van der Waals surface area (Å²) in [5, 5.41) is 7.58. The Bertz CT molecular complexity index is 2900. The van der Waals surface area contributed by atoms with Crippen molar-refractivity contribution in [1.82, 2.24) is 4.57 Å². The van der Waals surface area contributed by atoms with Gasteiger partial charge in [0.1, 0.15) is 0 Å². The molecule has 1 nitrogen and oxygen atoms in total. The van der Waals surface area contributed by atoms with Crippen molar-refractivity contribution in [3.05, 3.63) is 206 Å². The minimum Gasteiger partial charge on any atom is -0.309 e. The lowest BCUT2D eigenvalue weighted by Crippen LogP contribution is -1.99. The van der Waals surface area contributed by atoms with Gasteiger partial charge in [-0.3, -0.25) is 0 Å². The standard InChI is InChI=1S/C51H35N/c1-2-6-18-35(17-5-1)40-23-13-15-27-47(40)52-48-28-16-14-24-41(48)45-33-39(30-32-49(45)52)38-29-31-44-46(34-38)51(37-21-9-4-10-22-37)43-26-12-11-25-42(43)50(44)36-19-7-3-8-20-36/h1-17,19-34H,18H2. The number of hydrogen-bond acceptors (Lipinski definition) is 0. The van der Waals surface area contributed by atoms with Crippen molar-refractivity contribution < 1.29 is 0 Å². The first-order valence-electron chi connectivity index (χ1n) is 18.1. The van der Waals surface area contributed by atoms with Gasteiger partial charge in [0.2, 0.25) is 0 Å². The third-order valence-electron chi connectivity index (χ3n) is 10.6. The predicted octanol–water partition coefficient (Wildman–Crippen LogP) is 14.0. The van der Waals surface area contributed by atoms with E-state index in [2.05, 4.69) is 205 Å². The third-order valence-corrected chi connectivity index (χ3v) is 10.6. The quantitative estimate of drug-likeness (QED) is 0.162. The van der Waals surface area contributed by atoms with Gasteiger partial charge in [-0.25, -0.2) is 0 Å². The van der Waals surface area contributed by atoms with Gasteiger partial charge in [-0.15, -0.1) is 0 Å². The minimum atomic E-state index is 0.902. The van der Waals surface area contributed by atoms with Crippen molar-refractivity contribution in [2.24, 2.45) is 0 Å². The maximum atomic E-state index is 2.45. The van der Waals surface area contributed by atoms with Crippen LogP contribution in [0.4, 0.5) is 0 Å². The second-order valence-electron chi connectivity index (χ2n) is 13.6. The zero-order valence-corrected chi connectivity index (χ0v) is 28.7. The van der Waals surface area contributed by atoms with Crippen LogP contribution in [0.2, 0.25) is 0 Å². The largest absolute Gasteiger partial charge is 0.309 e. The molecule has 1 aliphatic carbocycles. The highest BCUT2D eigenvalue weighted by Crippen LogP contribution is 2.45. The van der Waals surface area contributed by atoms with Crippen LogP contribution < -0.4 is 0 Å². The van der Waals surface area contributed by atoms with Crippen LogP contribution >= 0.6 is 0 Å². The summed E-state index contributed by atoms with van der Waals surface area (Å²) in [6, 6.07) is 62.4. The molecule has 1 heteroatoms. The molecule has 0 N–H and O–H groups in total. The van der Waals surface area contributed by atoms with Crippen LogP contribution in [0.25, 0.3) is 88.0 Å². The summed E-state index contributed by atoms with van der Waals surface area (Å²) in [6.45, 7) is 0. The van der Waals surface area contributed by atoms with Gasteiger partial charge in [-0.05, 0) is 97.3 Å². The molecule has 0 saturated heterocycles. The van der Waals surface area contributed by atoms with Crippen LogP contribution in [0.5, 0.6) is 0 Å². The number of rotatable bonds is 5. The molecule has 1 aliphatic rings. The molecule has 0 unspecified atom stereocenters. The fourth-order valence-electron chi connectivity index (χ4n) is 8.32. The molecular formula is C51H35N. The molecule has 0 spiro atoms. The molecule has 52 heavy (non-hydrogen) atoms. The SMILES string of the molecule is C1=CC=C(c2ccccc2-n2c3ccccc3c3cc(-c4ccc5c(-c6ccccc6)c6ccccc6c(-c6ccccc6)c5c4)ccc32)CC=C1. The smallest absolute Gasteiger partial charge is 0.0541 e. The molecule has 0 atom stereocenters. The van der Waals surface area contributed by atoms with E-state index in [1.807, 2.05) is 0 Å². The first kappa shape index (κ1) is 30.2. The van der Waals surface area contributed by atoms with Crippen LogP contribution in [0.3, 0.4) is 0 Å².